The highest BCUT2D eigenvalue weighted by molar-refractivity contribution is 8.14. The number of nitrogens with one attached hydrogen (secondary N) is 1. The molecule has 1 rings (SSSR count). The van der Waals surface area contributed by atoms with Crippen molar-refractivity contribution in [2.45, 2.75) is 39.3 Å². The van der Waals surface area contributed by atoms with Gasteiger partial charge < -0.3 is 11.1 Å². The Morgan fingerprint density at radius 3 is 2.67 bits per heavy atom. The summed E-state index contributed by atoms with van der Waals surface area (Å²) in [6, 6.07) is 0.348. The third kappa shape index (κ3) is 3.12. The number of aliphatic imine (C=N–C) groups is 1. The third-order valence-electron chi connectivity index (χ3n) is 2.48. The first-order valence-corrected chi connectivity index (χ1v) is 6.10. The molecule has 0 aromatic heterocycles. The average Bonchev–Trinajstić information content (AvgIpc) is 2.51. The number of nitrogens with two attached hydrogens (primary N) is 1. The largest absolute Gasteiger partial charge is 0.368 e. The van der Waals surface area contributed by atoms with Crippen LogP contribution in [-0.4, -0.2) is 28.4 Å². The predicted octanol–water partition coefficient (Wildman–Crippen LogP) is 0.967. The Kier molecular flexibility index (Phi) is 3.65. The number of hydrogen-bond acceptors (Lipinski definition) is 4. The lowest BCUT2D eigenvalue weighted by atomic mass is 10.1. The zero-order valence-corrected chi connectivity index (χ0v) is 10.5. The van der Waals surface area contributed by atoms with E-state index in [9.17, 15) is 4.79 Å². The third-order valence-corrected chi connectivity index (χ3v) is 3.47. The fraction of sp³-hybridized carbons (Fsp3) is 0.800. The Hall–Kier alpha value is -0.710. The van der Waals surface area contributed by atoms with Crippen molar-refractivity contribution in [2.75, 3.05) is 5.75 Å². The maximum Gasteiger partial charge on any atom is 0.242 e. The van der Waals surface area contributed by atoms with Crippen LogP contribution in [0.15, 0.2) is 4.99 Å². The van der Waals surface area contributed by atoms with Crippen LogP contribution in [0.25, 0.3) is 0 Å². The van der Waals surface area contributed by atoms with Crippen molar-refractivity contribution < 1.29 is 4.79 Å². The number of amides is 1. The highest BCUT2D eigenvalue weighted by Gasteiger charge is 2.29. The molecule has 0 saturated carbocycles. The molecule has 0 bridgehead atoms. The molecule has 0 aromatic rings. The van der Waals surface area contributed by atoms with Crippen molar-refractivity contribution in [1.82, 2.24) is 5.32 Å². The van der Waals surface area contributed by atoms with Crippen molar-refractivity contribution in [3.05, 3.63) is 0 Å². The molecule has 1 atom stereocenters. The Morgan fingerprint density at radius 1 is 1.67 bits per heavy atom. The summed E-state index contributed by atoms with van der Waals surface area (Å²) in [5.74, 6) is 1.15. The number of hydrogen-bond donors (Lipinski definition) is 2. The molecule has 1 amide bonds. The zero-order valence-electron chi connectivity index (χ0n) is 9.70. The topological polar surface area (TPSA) is 67.5 Å². The van der Waals surface area contributed by atoms with Crippen LogP contribution in [0.3, 0.4) is 0 Å². The van der Waals surface area contributed by atoms with E-state index in [1.807, 2.05) is 0 Å². The van der Waals surface area contributed by atoms with Gasteiger partial charge in [0.1, 0.15) is 5.54 Å². The molecule has 1 aliphatic heterocycles. The summed E-state index contributed by atoms with van der Waals surface area (Å²) >= 11 is 1.65. The van der Waals surface area contributed by atoms with Gasteiger partial charge in [-0.1, -0.05) is 25.6 Å². The Bertz CT molecular complexity index is 286. The number of carbonyl (C=O) groups is 1. The average molecular weight is 229 g/mol. The monoisotopic (exact) mass is 229 g/mol. The van der Waals surface area contributed by atoms with Gasteiger partial charge in [0.2, 0.25) is 5.91 Å². The van der Waals surface area contributed by atoms with Gasteiger partial charge in [-0.3, -0.25) is 9.79 Å². The summed E-state index contributed by atoms with van der Waals surface area (Å²) in [6.45, 7) is 7.83. The van der Waals surface area contributed by atoms with Gasteiger partial charge in [-0.05, 0) is 19.8 Å². The minimum absolute atomic E-state index is 0.348. The maximum absolute atomic E-state index is 11.1. The fourth-order valence-corrected chi connectivity index (χ4v) is 2.45. The molecule has 0 fully saturated rings. The second-order valence-electron chi connectivity index (χ2n) is 4.67. The van der Waals surface area contributed by atoms with Crippen molar-refractivity contribution in [3.63, 3.8) is 0 Å². The molecule has 1 aliphatic rings. The second kappa shape index (κ2) is 4.43. The molecule has 15 heavy (non-hydrogen) atoms. The van der Waals surface area contributed by atoms with Gasteiger partial charge in [0, 0.05) is 5.75 Å². The molecule has 0 spiro atoms. The van der Waals surface area contributed by atoms with Crippen LogP contribution in [0, 0.1) is 5.92 Å². The summed E-state index contributed by atoms with van der Waals surface area (Å²) in [5, 5.41) is 3.91. The van der Waals surface area contributed by atoms with E-state index >= 15 is 0 Å². The molecule has 1 heterocycles. The lowest BCUT2D eigenvalue weighted by molar-refractivity contribution is -0.122. The number of amidine groups is 1. The van der Waals surface area contributed by atoms with Crippen molar-refractivity contribution in [2.24, 2.45) is 16.6 Å². The molecule has 5 heteroatoms. The molecule has 0 radical (unpaired) electrons. The quantitative estimate of drug-likeness (QED) is 0.757. The van der Waals surface area contributed by atoms with Crippen LogP contribution in [0.2, 0.25) is 0 Å². The lowest BCUT2D eigenvalue weighted by Crippen LogP contribution is -2.52. The molecule has 4 nitrogen and oxygen atoms in total. The van der Waals surface area contributed by atoms with Crippen LogP contribution in [0.5, 0.6) is 0 Å². The number of rotatable bonds is 3. The maximum atomic E-state index is 11.1. The van der Waals surface area contributed by atoms with Gasteiger partial charge in [0.15, 0.2) is 5.17 Å². The van der Waals surface area contributed by atoms with E-state index < -0.39 is 5.54 Å². The number of thioether (sulfide) groups is 1. The summed E-state index contributed by atoms with van der Waals surface area (Å²) in [6.07, 6.45) is 0. The molecule has 0 saturated heterocycles. The van der Waals surface area contributed by atoms with Crippen molar-refractivity contribution >= 4 is 22.8 Å². The van der Waals surface area contributed by atoms with E-state index in [0.29, 0.717) is 12.0 Å². The Labute approximate surface area is 95.1 Å². The van der Waals surface area contributed by atoms with E-state index in [1.165, 1.54) is 0 Å². The van der Waals surface area contributed by atoms with Gasteiger partial charge in [-0.15, -0.1) is 0 Å². The van der Waals surface area contributed by atoms with E-state index in [0.717, 1.165) is 10.9 Å². The fourth-order valence-electron chi connectivity index (χ4n) is 1.13. The normalized spacial score (nSPS) is 21.7. The van der Waals surface area contributed by atoms with Gasteiger partial charge in [-0.2, -0.15) is 0 Å². The highest BCUT2D eigenvalue weighted by atomic mass is 32.2. The van der Waals surface area contributed by atoms with E-state index in [4.69, 9.17) is 5.73 Å². The predicted molar refractivity (Wildman–Crippen MR) is 64.9 cm³/mol. The van der Waals surface area contributed by atoms with Crippen molar-refractivity contribution in [1.29, 1.82) is 0 Å². The standard InChI is InChI=1S/C10H19N3OS/c1-6(2)7-5-15-9(12-7)13-10(3,4)8(11)14/h6-7H,5H2,1-4H3,(H2,11,14)(H,12,13). The van der Waals surface area contributed by atoms with Crippen LogP contribution in [-0.2, 0) is 4.79 Å². The summed E-state index contributed by atoms with van der Waals surface area (Å²) in [4.78, 5) is 15.6. The van der Waals surface area contributed by atoms with Gasteiger partial charge >= 0.3 is 0 Å². The Balaban J connectivity index is 2.61. The van der Waals surface area contributed by atoms with E-state index in [1.54, 1.807) is 25.6 Å². The highest BCUT2D eigenvalue weighted by Crippen LogP contribution is 2.23. The molecule has 0 aromatic carbocycles. The van der Waals surface area contributed by atoms with Crippen LogP contribution < -0.4 is 11.1 Å². The first-order chi connectivity index (χ1) is 6.83. The molecular weight excluding hydrogens is 210 g/mol. The summed E-state index contributed by atoms with van der Waals surface area (Å²) < 4.78 is 0. The Morgan fingerprint density at radius 2 is 2.27 bits per heavy atom. The van der Waals surface area contributed by atoms with Gasteiger partial charge in [0.05, 0.1) is 6.04 Å². The SMILES string of the molecule is CC(C)C1CSC(NC(C)(C)C(N)=O)=N1. The number of primary amides is 1. The molecule has 0 aliphatic carbocycles. The molecule has 1 unspecified atom stereocenters. The number of carbonyl (C=O) groups excluding carboxylic acids is 1. The van der Waals surface area contributed by atoms with Crippen LogP contribution in [0.1, 0.15) is 27.7 Å². The van der Waals surface area contributed by atoms with E-state index in [2.05, 4.69) is 24.2 Å². The minimum atomic E-state index is -0.725. The lowest BCUT2D eigenvalue weighted by Gasteiger charge is -2.22. The van der Waals surface area contributed by atoms with Gasteiger partial charge in [0.25, 0.3) is 0 Å². The van der Waals surface area contributed by atoms with E-state index in [-0.39, 0.29) is 5.91 Å². The minimum Gasteiger partial charge on any atom is -0.368 e. The first-order valence-electron chi connectivity index (χ1n) is 5.11. The zero-order chi connectivity index (χ0) is 11.6. The summed E-state index contributed by atoms with van der Waals surface area (Å²) in [5.41, 5.74) is 4.55. The molecular formula is C10H19N3OS. The number of nitrogens with zero attached hydrogens (tertiary/aromatic N) is 1. The molecule has 86 valence electrons. The second-order valence-corrected chi connectivity index (χ2v) is 5.68. The van der Waals surface area contributed by atoms with Crippen LogP contribution >= 0.6 is 11.8 Å². The van der Waals surface area contributed by atoms with Crippen LogP contribution in [0.4, 0.5) is 0 Å². The molecule has 3 N–H and O–H groups in total. The smallest absolute Gasteiger partial charge is 0.242 e. The van der Waals surface area contributed by atoms with Gasteiger partial charge in [-0.25, -0.2) is 0 Å². The van der Waals surface area contributed by atoms with Crippen molar-refractivity contribution in [3.8, 4) is 0 Å². The first kappa shape index (κ1) is 12.4. The summed E-state index contributed by atoms with van der Waals surface area (Å²) in [7, 11) is 0.